The van der Waals surface area contributed by atoms with Crippen LogP contribution in [0.2, 0.25) is 0 Å². The monoisotopic (exact) mass is 253 g/mol. The molecule has 0 aliphatic carbocycles. The standard InChI is InChI=1S/C13H19NO4/c1-18-12(16)7-6-9-4-2-3-5-10(9)13(17)11(15)8-14/h2-5,11,13,15,17H,6-8,14H2,1H3. The summed E-state index contributed by atoms with van der Waals surface area (Å²) in [5.74, 6) is -0.307. The first-order valence-electron chi connectivity index (χ1n) is 5.81. The highest BCUT2D eigenvalue weighted by Crippen LogP contribution is 2.22. The lowest BCUT2D eigenvalue weighted by atomic mass is 9.96. The number of carbonyl (C=O) groups is 1. The molecule has 0 radical (unpaired) electrons. The molecule has 18 heavy (non-hydrogen) atoms. The second-order valence-corrected chi connectivity index (χ2v) is 4.02. The molecule has 0 heterocycles. The molecule has 2 unspecified atom stereocenters. The number of aryl methyl sites for hydroxylation is 1. The second-order valence-electron chi connectivity index (χ2n) is 4.02. The molecular formula is C13H19NO4. The number of aliphatic hydroxyl groups is 2. The van der Waals surface area contributed by atoms with Crippen LogP contribution in [-0.4, -0.2) is 35.9 Å². The van der Waals surface area contributed by atoms with Crippen molar-refractivity contribution in [3.63, 3.8) is 0 Å². The van der Waals surface area contributed by atoms with Gasteiger partial charge in [0.2, 0.25) is 0 Å². The Kier molecular flexibility index (Phi) is 5.77. The fourth-order valence-electron chi connectivity index (χ4n) is 1.73. The van der Waals surface area contributed by atoms with E-state index in [0.717, 1.165) is 5.56 Å². The van der Waals surface area contributed by atoms with Crippen molar-refractivity contribution < 1.29 is 19.7 Å². The first kappa shape index (κ1) is 14.6. The van der Waals surface area contributed by atoms with Crippen LogP contribution in [0.3, 0.4) is 0 Å². The van der Waals surface area contributed by atoms with Gasteiger partial charge in [0, 0.05) is 13.0 Å². The summed E-state index contributed by atoms with van der Waals surface area (Å²) in [6, 6.07) is 7.11. The third-order valence-corrected chi connectivity index (χ3v) is 2.81. The van der Waals surface area contributed by atoms with Crippen LogP contribution < -0.4 is 5.73 Å². The van der Waals surface area contributed by atoms with Crippen molar-refractivity contribution in [2.75, 3.05) is 13.7 Å². The third-order valence-electron chi connectivity index (χ3n) is 2.81. The molecule has 0 saturated carbocycles. The number of esters is 1. The summed E-state index contributed by atoms with van der Waals surface area (Å²) in [7, 11) is 1.33. The Morgan fingerprint density at radius 1 is 1.39 bits per heavy atom. The number of carbonyl (C=O) groups excluding carboxylic acids is 1. The van der Waals surface area contributed by atoms with Gasteiger partial charge in [0.1, 0.15) is 6.10 Å². The molecule has 0 amide bonds. The van der Waals surface area contributed by atoms with Crippen LogP contribution in [0.5, 0.6) is 0 Å². The third kappa shape index (κ3) is 3.80. The number of rotatable bonds is 6. The summed E-state index contributed by atoms with van der Waals surface area (Å²) in [5, 5.41) is 19.5. The fourth-order valence-corrected chi connectivity index (χ4v) is 1.73. The van der Waals surface area contributed by atoms with Crippen LogP contribution in [0.1, 0.15) is 23.7 Å². The molecule has 0 aliphatic rings. The lowest BCUT2D eigenvalue weighted by Gasteiger charge is -2.19. The normalized spacial score (nSPS) is 14.0. The van der Waals surface area contributed by atoms with Crippen LogP contribution in [0.15, 0.2) is 24.3 Å². The van der Waals surface area contributed by atoms with E-state index in [9.17, 15) is 15.0 Å². The minimum atomic E-state index is -1.04. The van der Waals surface area contributed by atoms with Gasteiger partial charge >= 0.3 is 5.97 Å². The zero-order chi connectivity index (χ0) is 13.5. The lowest BCUT2D eigenvalue weighted by molar-refractivity contribution is -0.140. The summed E-state index contributed by atoms with van der Waals surface area (Å²) in [4.78, 5) is 11.1. The van der Waals surface area contributed by atoms with Crippen LogP contribution >= 0.6 is 0 Å². The Balaban J connectivity index is 2.82. The van der Waals surface area contributed by atoms with Crippen molar-refractivity contribution in [1.82, 2.24) is 0 Å². The van der Waals surface area contributed by atoms with Crippen LogP contribution in [0.25, 0.3) is 0 Å². The highest BCUT2D eigenvalue weighted by Gasteiger charge is 2.19. The predicted octanol–water partition coefficient (Wildman–Crippen LogP) is 0.145. The Labute approximate surface area is 106 Å². The molecule has 2 atom stereocenters. The molecular weight excluding hydrogens is 234 g/mol. The van der Waals surface area contributed by atoms with E-state index in [0.29, 0.717) is 12.0 Å². The van der Waals surface area contributed by atoms with Gasteiger partial charge in [0.05, 0.1) is 13.2 Å². The maximum Gasteiger partial charge on any atom is 0.305 e. The molecule has 1 aromatic carbocycles. The molecule has 0 spiro atoms. The molecule has 1 aromatic rings. The SMILES string of the molecule is COC(=O)CCc1ccccc1C(O)C(O)CN. The maximum absolute atomic E-state index is 11.1. The largest absolute Gasteiger partial charge is 0.469 e. The molecule has 5 heteroatoms. The van der Waals surface area contributed by atoms with Gasteiger partial charge in [-0.1, -0.05) is 24.3 Å². The van der Waals surface area contributed by atoms with E-state index >= 15 is 0 Å². The molecule has 0 saturated heterocycles. The van der Waals surface area contributed by atoms with Crippen molar-refractivity contribution in [1.29, 1.82) is 0 Å². The van der Waals surface area contributed by atoms with E-state index in [4.69, 9.17) is 5.73 Å². The van der Waals surface area contributed by atoms with E-state index in [1.165, 1.54) is 7.11 Å². The Bertz CT molecular complexity index is 394. The van der Waals surface area contributed by atoms with Crippen molar-refractivity contribution in [3.8, 4) is 0 Å². The molecule has 0 bridgehead atoms. The van der Waals surface area contributed by atoms with E-state index in [1.54, 1.807) is 12.1 Å². The number of nitrogens with two attached hydrogens (primary N) is 1. The maximum atomic E-state index is 11.1. The number of ether oxygens (including phenoxy) is 1. The summed E-state index contributed by atoms with van der Waals surface area (Å²) in [5.41, 5.74) is 6.72. The van der Waals surface area contributed by atoms with Gasteiger partial charge in [0.15, 0.2) is 0 Å². The van der Waals surface area contributed by atoms with Gasteiger partial charge < -0.3 is 20.7 Å². The average molecular weight is 253 g/mol. The number of hydrogen-bond donors (Lipinski definition) is 3. The summed E-state index contributed by atoms with van der Waals surface area (Å²) in [6.45, 7) is -0.0213. The highest BCUT2D eigenvalue weighted by molar-refractivity contribution is 5.69. The molecule has 100 valence electrons. The van der Waals surface area contributed by atoms with E-state index in [2.05, 4.69) is 4.74 Å². The molecule has 1 rings (SSSR count). The van der Waals surface area contributed by atoms with E-state index in [-0.39, 0.29) is 18.9 Å². The predicted molar refractivity (Wildman–Crippen MR) is 66.8 cm³/mol. The van der Waals surface area contributed by atoms with Crippen LogP contribution in [0.4, 0.5) is 0 Å². The molecule has 0 aliphatic heterocycles. The zero-order valence-corrected chi connectivity index (χ0v) is 10.4. The molecule has 0 aromatic heterocycles. The number of methoxy groups -OCH3 is 1. The Morgan fingerprint density at radius 2 is 2.06 bits per heavy atom. The average Bonchev–Trinajstić information content (AvgIpc) is 2.43. The first-order chi connectivity index (χ1) is 8.60. The van der Waals surface area contributed by atoms with Crippen LogP contribution in [-0.2, 0) is 16.0 Å². The number of hydrogen-bond acceptors (Lipinski definition) is 5. The van der Waals surface area contributed by atoms with E-state index in [1.807, 2.05) is 12.1 Å². The summed E-state index contributed by atoms with van der Waals surface area (Å²) < 4.78 is 4.57. The minimum absolute atomic E-state index is 0.0213. The van der Waals surface area contributed by atoms with Gasteiger partial charge in [-0.15, -0.1) is 0 Å². The van der Waals surface area contributed by atoms with E-state index < -0.39 is 12.2 Å². The Morgan fingerprint density at radius 3 is 2.67 bits per heavy atom. The lowest BCUT2D eigenvalue weighted by Crippen LogP contribution is -2.27. The molecule has 0 fully saturated rings. The summed E-state index contributed by atoms with van der Waals surface area (Å²) in [6.07, 6.45) is -1.36. The van der Waals surface area contributed by atoms with Gasteiger partial charge in [-0.05, 0) is 17.5 Å². The smallest absolute Gasteiger partial charge is 0.305 e. The zero-order valence-electron chi connectivity index (χ0n) is 10.4. The van der Waals surface area contributed by atoms with Crippen molar-refractivity contribution >= 4 is 5.97 Å². The minimum Gasteiger partial charge on any atom is -0.469 e. The van der Waals surface area contributed by atoms with Crippen molar-refractivity contribution in [2.24, 2.45) is 5.73 Å². The van der Waals surface area contributed by atoms with Crippen molar-refractivity contribution in [3.05, 3.63) is 35.4 Å². The van der Waals surface area contributed by atoms with Crippen molar-refractivity contribution in [2.45, 2.75) is 25.0 Å². The number of aliphatic hydroxyl groups excluding tert-OH is 2. The fraction of sp³-hybridized carbons (Fsp3) is 0.462. The van der Waals surface area contributed by atoms with Gasteiger partial charge in [-0.2, -0.15) is 0 Å². The topological polar surface area (TPSA) is 92.8 Å². The number of benzene rings is 1. The van der Waals surface area contributed by atoms with Gasteiger partial charge in [-0.3, -0.25) is 4.79 Å². The molecule has 4 N–H and O–H groups in total. The highest BCUT2D eigenvalue weighted by atomic mass is 16.5. The molecule has 5 nitrogen and oxygen atoms in total. The van der Waals surface area contributed by atoms with Gasteiger partial charge in [0.25, 0.3) is 0 Å². The van der Waals surface area contributed by atoms with Crippen LogP contribution in [0, 0.1) is 0 Å². The Hall–Kier alpha value is -1.43. The second kappa shape index (κ2) is 7.10. The first-order valence-corrected chi connectivity index (χ1v) is 5.81. The quantitative estimate of drug-likeness (QED) is 0.627. The summed E-state index contributed by atoms with van der Waals surface area (Å²) >= 11 is 0. The van der Waals surface area contributed by atoms with Gasteiger partial charge in [-0.25, -0.2) is 0 Å².